The Bertz CT molecular complexity index is 488. The first kappa shape index (κ1) is 16.6. The predicted octanol–water partition coefficient (Wildman–Crippen LogP) is 2.07. The van der Waals surface area contributed by atoms with Crippen molar-refractivity contribution in [2.75, 3.05) is 27.9 Å². The summed E-state index contributed by atoms with van der Waals surface area (Å²) in [6.45, 7) is 1.83. The standard InChI is InChI=1S/C13H17BrO6/c1-5-20-13(16)10(15)9-7(14)6-8(17-2)11(18-3)12(9)19-4/h6,10,15H,5H2,1-4H3. The van der Waals surface area contributed by atoms with E-state index >= 15 is 0 Å². The van der Waals surface area contributed by atoms with E-state index in [2.05, 4.69) is 15.9 Å². The lowest BCUT2D eigenvalue weighted by Gasteiger charge is -2.19. The number of hydrogen-bond acceptors (Lipinski definition) is 6. The van der Waals surface area contributed by atoms with Crippen molar-refractivity contribution < 1.29 is 28.8 Å². The molecule has 0 saturated carbocycles. The Morgan fingerprint density at radius 2 is 1.85 bits per heavy atom. The van der Waals surface area contributed by atoms with Crippen molar-refractivity contribution in [1.82, 2.24) is 0 Å². The van der Waals surface area contributed by atoms with Crippen molar-refractivity contribution >= 4 is 21.9 Å². The number of aliphatic hydroxyl groups is 1. The molecule has 0 amide bonds. The maximum atomic E-state index is 11.7. The van der Waals surface area contributed by atoms with Gasteiger partial charge in [0.15, 0.2) is 17.6 Å². The van der Waals surface area contributed by atoms with E-state index in [4.69, 9.17) is 18.9 Å². The summed E-state index contributed by atoms with van der Waals surface area (Å²) in [5.74, 6) is 0.144. The molecular weight excluding hydrogens is 332 g/mol. The van der Waals surface area contributed by atoms with Crippen LogP contribution in [0.3, 0.4) is 0 Å². The summed E-state index contributed by atoms with van der Waals surface area (Å²) >= 11 is 3.28. The highest BCUT2D eigenvalue weighted by Gasteiger charge is 2.29. The molecule has 0 aliphatic rings. The third kappa shape index (κ3) is 3.16. The molecule has 0 fully saturated rings. The number of benzene rings is 1. The van der Waals surface area contributed by atoms with Gasteiger partial charge < -0.3 is 24.1 Å². The average Bonchev–Trinajstić information content (AvgIpc) is 2.45. The summed E-state index contributed by atoms with van der Waals surface area (Å²) in [5.41, 5.74) is 0.226. The molecule has 0 aliphatic carbocycles. The number of hydrogen-bond donors (Lipinski definition) is 1. The zero-order valence-corrected chi connectivity index (χ0v) is 13.3. The highest BCUT2D eigenvalue weighted by atomic mass is 79.9. The van der Waals surface area contributed by atoms with Gasteiger partial charge in [-0.15, -0.1) is 0 Å². The zero-order valence-electron chi connectivity index (χ0n) is 11.7. The van der Waals surface area contributed by atoms with E-state index in [-0.39, 0.29) is 23.7 Å². The predicted molar refractivity (Wildman–Crippen MR) is 75.4 cm³/mol. The number of rotatable bonds is 6. The molecule has 0 spiro atoms. The smallest absolute Gasteiger partial charge is 0.339 e. The average molecular weight is 349 g/mol. The second kappa shape index (κ2) is 7.35. The lowest BCUT2D eigenvalue weighted by atomic mass is 10.1. The first-order valence-electron chi connectivity index (χ1n) is 5.84. The van der Waals surface area contributed by atoms with Crippen LogP contribution >= 0.6 is 15.9 Å². The Kier molecular flexibility index (Phi) is 6.09. The van der Waals surface area contributed by atoms with E-state index in [1.54, 1.807) is 13.0 Å². The number of esters is 1. The Morgan fingerprint density at radius 3 is 2.30 bits per heavy atom. The molecule has 0 heterocycles. The van der Waals surface area contributed by atoms with Gasteiger partial charge in [0.2, 0.25) is 5.75 Å². The van der Waals surface area contributed by atoms with Crippen LogP contribution in [0.1, 0.15) is 18.6 Å². The van der Waals surface area contributed by atoms with Gasteiger partial charge in [0, 0.05) is 4.47 Å². The number of carbonyl (C=O) groups is 1. The molecule has 1 N–H and O–H groups in total. The number of halogens is 1. The molecule has 1 aromatic carbocycles. The third-order valence-corrected chi connectivity index (χ3v) is 3.26. The fourth-order valence-electron chi connectivity index (χ4n) is 1.74. The van der Waals surface area contributed by atoms with E-state index in [1.165, 1.54) is 21.3 Å². The highest BCUT2D eigenvalue weighted by molar-refractivity contribution is 9.10. The third-order valence-electron chi connectivity index (χ3n) is 2.60. The molecule has 1 rings (SSSR count). The van der Waals surface area contributed by atoms with E-state index in [0.29, 0.717) is 10.2 Å². The maximum Gasteiger partial charge on any atom is 0.339 e. The molecule has 1 unspecified atom stereocenters. The lowest BCUT2D eigenvalue weighted by molar-refractivity contribution is -0.153. The summed E-state index contributed by atoms with van der Waals surface area (Å²) in [5, 5.41) is 10.1. The largest absolute Gasteiger partial charge is 0.493 e. The fraction of sp³-hybridized carbons (Fsp3) is 0.462. The lowest BCUT2D eigenvalue weighted by Crippen LogP contribution is -2.17. The minimum atomic E-state index is -1.49. The fourth-order valence-corrected chi connectivity index (χ4v) is 2.35. The van der Waals surface area contributed by atoms with E-state index in [1.807, 2.05) is 0 Å². The molecule has 0 aromatic heterocycles. The Balaban J connectivity index is 3.41. The Labute approximate surface area is 125 Å². The number of methoxy groups -OCH3 is 3. The van der Waals surface area contributed by atoms with Crippen molar-refractivity contribution in [3.05, 3.63) is 16.1 Å². The summed E-state index contributed by atoms with van der Waals surface area (Å²) < 4.78 is 20.9. The summed E-state index contributed by atoms with van der Waals surface area (Å²) in [6.07, 6.45) is -1.49. The van der Waals surface area contributed by atoms with Crippen LogP contribution in [-0.2, 0) is 9.53 Å². The second-order valence-corrected chi connectivity index (χ2v) is 4.55. The van der Waals surface area contributed by atoms with Gasteiger partial charge in [0.1, 0.15) is 0 Å². The van der Waals surface area contributed by atoms with Crippen LogP contribution in [0.2, 0.25) is 0 Å². The molecule has 112 valence electrons. The van der Waals surface area contributed by atoms with Crippen LogP contribution < -0.4 is 14.2 Å². The molecule has 1 atom stereocenters. The van der Waals surface area contributed by atoms with Gasteiger partial charge in [-0.1, -0.05) is 15.9 Å². The molecule has 0 bridgehead atoms. The van der Waals surface area contributed by atoms with Crippen LogP contribution in [0.4, 0.5) is 0 Å². The molecule has 6 nitrogen and oxygen atoms in total. The van der Waals surface area contributed by atoms with Gasteiger partial charge in [-0.3, -0.25) is 0 Å². The van der Waals surface area contributed by atoms with Crippen LogP contribution in [-0.4, -0.2) is 39.0 Å². The quantitative estimate of drug-likeness (QED) is 0.793. The topological polar surface area (TPSA) is 74.2 Å². The summed E-state index contributed by atoms with van der Waals surface area (Å²) in [7, 11) is 4.32. The SMILES string of the molecule is CCOC(=O)C(O)c1c(Br)cc(OC)c(OC)c1OC. The van der Waals surface area contributed by atoms with Crippen molar-refractivity contribution in [3.8, 4) is 17.2 Å². The van der Waals surface area contributed by atoms with E-state index < -0.39 is 12.1 Å². The summed E-state index contributed by atoms with van der Waals surface area (Å²) in [4.78, 5) is 11.7. The first-order valence-corrected chi connectivity index (χ1v) is 6.64. The molecule has 1 aromatic rings. The minimum absolute atomic E-state index is 0.170. The van der Waals surface area contributed by atoms with Crippen LogP contribution in [0.15, 0.2) is 10.5 Å². The Morgan fingerprint density at radius 1 is 1.25 bits per heavy atom. The molecule has 7 heteroatoms. The number of carbonyl (C=O) groups excluding carboxylic acids is 1. The van der Waals surface area contributed by atoms with Crippen molar-refractivity contribution in [2.45, 2.75) is 13.0 Å². The van der Waals surface area contributed by atoms with Gasteiger partial charge in [-0.2, -0.15) is 0 Å². The Hall–Kier alpha value is -1.47. The molecule has 0 aliphatic heterocycles. The molecule has 0 radical (unpaired) electrons. The summed E-state index contributed by atoms with van der Waals surface area (Å²) in [6, 6.07) is 1.58. The van der Waals surface area contributed by atoms with Gasteiger partial charge in [-0.05, 0) is 13.0 Å². The second-order valence-electron chi connectivity index (χ2n) is 3.70. The van der Waals surface area contributed by atoms with Crippen molar-refractivity contribution in [1.29, 1.82) is 0 Å². The van der Waals surface area contributed by atoms with Crippen LogP contribution in [0.5, 0.6) is 17.2 Å². The van der Waals surface area contributed by atoms with Gasteiger partial charge >= 0.3 is 5.97 Å². The molecule has 0 saturated heterocycles. The van der Waals surface area contributed by atoms with Crippen molar-refractivity contribution in [2.24, 2.45) is 0 Å². The van der Waals surface area contributed by atoms with Gasteiger partial charge in [-0.25, -0.2) is 4.79 Å². The minimum Gasteiger partial charge on any atom is -0.493 e. The van der Waals surface area contributed by atoms with E-state index in [0.717, 1.165) is 0 Å². The zero-order chi connectivity index (χ0) is 15.3. The highest BCUT2D eigenvalue weighted by Crippen LogP contribution is 2.46. The number of aliphatic hydroxyl groups excluding tert-OH is 1. The normalized spacial score (nSPS) is 11.7. The monoisotopic (exact) mass is 348 g/mol. The molecule has 20 heavy (non-hydrogen) atoms. The van der Waals surface area contributed by atoms with Crippen LogP contribution in [0.25, 0.3) is 0 Å². The van der Waals surface area contributed by atoms with Gasteiger partial charge in [0.05, 0.1) is 33.5 Å². The maximum absolute atomic E-state index is 11.7. The first-order chi connectivity index (χ1) is 9.51. The van der Waals surface area contributed by atoms with Gasteiger partial charge in [0.25, 0.3) is 0 Å². The van der Waals surface area contributed by atoms with Crippen LogP contribution in [0, 0.1) is 0 Å². The molecular formula is C13H17BrO6. The number of ether oxygens (including phenoxy) is 4. The van der Waals surface area contributed by atoms with Crippen molar-refractivity contribution in [3.63, 3.8) is 0 Å². The van der Waals surface area contributed by atoms with E-state index in [9.17, 15) is 9.90 Å².